The third kappa shape index (κ3) is 5.72. The van der Waals surface area contributed by atoms with Crippen LogP contribution in [0.2, 0.25) is 0 Å². The monoisotopic (exact) mass is 321 g/mol. The average molecular weight is 321 g/mol. The Labute approximate surface area is 143 Å². The van der Waals surface area contributed by atoms with Crippen LogP contribution in [0.25, 0.3) is 6.08 Å². The maximum absolute atomic E-state index is 11.9. The smallest absolute Gasteiger partial charge is 0.259 e. The lowest BCUT2D eigenvalue weighted by atomic mass is 10.1. The van der Waals surface area contributed by atoms with E-state index in [0.717, 1.165) is 22.5 Å². The van der Waals surface area contributed by atoms with Crippen molar-refractivity contribution in [1.29, 1.82) is 0 Å². The molecule has 0 aromatic heterocycles. The molecule has 0 unspecified atom stereocenters. The molecule has 0 bridgehead atoms. The standard InChI is InChI=1S/C20H23N3O/c1-15-9-12-19(16(2)13-15)21-14-20(24)23-22-17(3)10-11-18-7-5-4-6-8-18/h4-13,21H,14H2,1-3H3,(H,23,24)/b11-10+,22-17-. The Morgan fingerprint density at radius 2 is 1.88 bits per heavy atom. The highest BCUT2D eigenvalue weighted by atomic mass is 16.2. The SMILES string of the molecule is CC(/C=C/c1ccccc1)=N/NC(=O)CNc1ccc(C)cc1C. The molecule has 0 spiro atoms. The van der Waals surface area contributed by atoms with Gasteiger partial charge in [-0.05, 0) is 44.0 Å². The van der Waals surface area contributed by atoms with Crippen molar-refractivity contribution in [1.82, 2.24) is 5.43 Å². The summed E-state index contributed by atoms with van der Waals surface area (Å²) in [7, 11) is 0. The molecule has 0 radical (unpaired) electrons. The second-order valence-electron chi connectivity index (χ2n) is 5.70. The zero-order valence-electron chi connectivity index (χ0n) is 14.3. The predicted octanol–water partition coefficient (Wildman–Crippen LogP) is 3.92. The van der Waals surface area contributed by atoms with Gasteiger partial charge in [-0.1, -0.05) is 54.1 Å². The number of nitrogens with one attached hydrogen (secondary N) is 2. The van der Waals surface area contributed by atoms with Gasteiger partial charge in [0.25, 0.3) is 5.91 Å². The minimum Gasteiger partial charge on any atom is -0.376 e. The summed E-state index contributed by atoms with van der Waals surface area (Å²) in [6.45, 7) is 6.09. The van der Waals surface area contributed by atoms with E-state index >= 15 is 0 Å². The van der Waals surface area contributed by atoms with Gasteiger partial charge in [-0.25, -0.2) is 5.43 Å². The molecular formula is C20H23N3O. The molecule has 4 heteroatoms. The molecule has 0 heterocycles. The number of carbonyl (C=O) groups excluding carboxylic acids is 1. The molecule has 2 aromatic rings. The van der Waals surface area contributed by atoms with Crippen LogP contribution in [0.1, 0.15) is 23.6 Å². The molecule has 0 atom stereocenters. The minimum absolute atomic E-state index is 0.178. The number of benzene rings is 2. The number of hydrazone groups is 1. The highest BCUT2D eigenvalue weighted by Gasteiger charge is 2.02. The van der Waals surface area contributed by atoms with Gasteiger partial charge in [0.15, 0.2) is 0 Å². The summed E-state index contributed by atoms with van der Waals surface area (Å²) in [5.74, 6) is -0.178. The Balaban J connectivity index is 1.82. The maximum atomic E-state index is 11.9. The molecule has 0 aliphatic rings. The fourth-order valence-electron chi connectivity index (χ4n) is 2.20. The summed E-state index contributed by atoms with van der Waals surface area (Å²) in [5.41, 5.74) is 7.66. The largest absolute Gasteiger partial charge is 0.376 e. The van der Waals surface area contributed by atoms with Gasteiger partial charge in [0.05, 0.1) is 12.3 Å². The quantitative estimate of drug-likeness (QED) is 0.626. The van der Waals surface area contributed by atoms with Crippen LogP contribution in [-0.4, -0.2) is 18.2 Å². The van der Waals surface area contributed by atoms with Crippen LogP contribution in [0.4, 0.5) is 5.69 Å². The van der Waals surface area contributed by atoms with Gasteiger partial charge in [0, 0.05) is 5.69 Å². The number of amides is 1. The maximum Gasteiger partial charge on any atom is 0.259 e. The lowest BCUT2D eigenvalue weighted by Crippen LogP contribution is -2.26. The van der Waals surface area contributed by atoms with Crippen molar-refractivity contribution in [3.05, 3.63) is 71.3 Å². The molecule has 2 N–H and O–H groups in total. The number of nitrogens with zero attached hydrogens (tertiary/aromatic N) is 1. The number of aryl methyl sites for hydroxylation is 2. The van der Waals surface area contributed by atoms with Crippen molar-refractivity contribution >= 4 is 23.4 Å². The average Bonchev–Trinajstić information content (AvgIpc) is 2.58. The predicted molar refractivity (Wildman–Crippen MR) is 101 cm³/mol. The molecule has 4 nitrogen and oxygen atoms in total. The van der Waals surface area contributed by atoms with E-state index in [1.54, 1.807) is 0 Å². The van der Waals surface area contributed by atoms with Crippen molar-refractivity contribution < 1.29 is 4.79 Å². The summed E-state index contributed by atoms with van der Waals surface area (Å²) >= 11 is 0. The summed E-state index contributed by atoms with van der Waals surface area (Å²) in [4.78, 5) is 11.9. The van der Waals surface area contributed by atoms with E-state index in [1.165, 1.54) is 5.56 Å². The van der Waals surface area contributed by atoms with Crippen LogP contribution in [-0.2, 0) is 4.79 Å². The number of rotatable bonds is 6. The highest BCUT2D eigenvalue weighted by molar-refractivity contribution is 5.97. The molecule has 0 saturated carbocycles. The molecule has 0 saturated heterocycles. The topological polar surface area (TPSA) is 53.5 Å². The van der Waals surface area contributed by atoms with Crippen molar-refractivity contribution in [2.45, 2.75) is 20.8 Å². The summed E-state index contributed by atoms with van der Waals surface area (Å²) in [6, 6.07) is 16.0. The Kier molecular flexibility index (Phi) is 6.32. The van der Waals surface area contributed by atoms with Gasteiger partial charge in [-0.15, -0.1) is 0 Å². The molecule has 0 fully saturated rings. The fraction of sp³-hybridized carbons (Fsp3) is 0.200. The van der Waals surface area contributed by atoms with Crippen molar-refractivity contribution in [2.75, 3.05) is 11.9 Å². The van der Waals surface area contributed by atoms with Crippen molar-refractivity contribution in [3.63, 3.8) is 0 Å². The number of carbonyl (C=O) groups is 1. The molecule has 2 aromatic carbocycles. The Bertz CT molecular complexity index is 749. The molecule has 0 aliphatic heterocycles. The van der Waals surface area contributed by atoms with Gasteiger partial charge >= 0.3 is 0 Å². The first-order chi connectivity index (χ1) is 11.5. The zero-order valence-corrected chi connectivity index (χ0v) is 14.3. The molecular weight excluding hydrogens is 298 g/mol. The molecule has 24 heavy (non-hydrogen) atoms. The Morgan fingerprint density at radius 3 is 2.58 bits per heavy atom. The summed E-state index contributed by atoms with van der Waals surface area (Å²) < 4.78 is 0. The van der Waals surface area contributed by atoms with Crippen LogP contribution in [0, 0.1) is 13.8 Å². The molecule has 124 valence electrons. The Morgan fingerprint density at radius 1 is 1.12 bits per heavy atom. The molecule has 0 aliphatic carbocycles. The normalized spacial score (nSPS) is 11.5. The number of hydrogen-bond donors (Lipinski definition) is 2. The fourth-order valence-corrected chi connectivity index (χ4v) is 2.20. The van der Waals surface area contributed by atoms with E-state index in [2.05, 4.69) is 21.9 Å². The number of allylic oxidation sites excluding steroid dienone is 1. The lowest BCUT2D eigenvalue weighted by molar-refractivity contribution is -0.119. The highest BCUT2D eigenvalue weighted by Crippen LogP contribution is 2.15. The number of hydrogen-bond acceptors (Lipinski definition) is 3. The zero-order chi connectivity index (χ0) is 17.4. The second kappa shape index (κ2) is 8.67. The van der Waals surface area contributed by atoms with E-state index in [1.807, 2.05) is 75.4 Å². The Hall–Kier alpha value is -2.88. The number of anilines is 1. The summed E-state index contributed by atoms with van der Waals surface area (Å²) in [5, 5.41) is 7.20. The van der Waals surface area contributed by atoms with E-state index in [0.29, 0.717) is 0 Å². The van der Waals surface area contributed by atoms with Crippen molar-refractivity contribution in [3.8, 4) is 0 Å². The van der Waals surface area contributed by atoms with E-state index in [-0.39, 0.29) is 12.5 Å². The third-order valence-corrected chi connectivity index (χ3v) is 3.49. The molecule has 1 amide bonds. The van der Waals surface area contributed by atoms with Crippen LogP contribution in [0.5, 0.6) is 0 Å². The second-order valence-corrected chi connectivity index (χ2v) is 5.70. The van der Waals surface area contributed by atoms with Gasteiger partial charge in [-0.2, -0.15) is 5.10 Å². The van der Waals surface area contributed by atoms with E-state index in [4.69, 9.17) is 0 Å². The lowest BCUT2D eigenvalue weighted by Gasteiger charge is -2.09. The van der Waals surface area contributed by atoms with Crippen LogP contribution < -0.4 is 10.7 Å². The van der Waals surface area contributed by atoms with E-state index < -0.39 is 0 Å². The minimum atomic E-state index is -0.178. The first-order valence-corrected chi connectivity index (χ1v) is 7.92. The molecule has 2 rings (SSSR count). The van der Waals surface area contributed by atoms with Gasteiger partial charge in [0.1, 0.15) is 0 Å². The van der Waals surface area contributed by atoms with E-state index in [9.17, 15) is 4.79 Å². The van der Waals surface area contributed by atoms with Gasteiger partial charge in [0.2, 0.25) is 0 Å². The van der Waals surface area contributed by atoms with Crippen LogP contribution >= 0.6 is 0 Å². The third-order valence-electron chi connectivity index (χ3n) is 3.49. The van der Waals surface area contributed by atoms with Gasteiger partial charge < -0.3 is 5.32 Å². The van der Waals surface area contributed by atoms with Crippen LogP contribution in [0.15, 0.2) is 59.7 Å². The first kappa shape index (κ1) is 17.5. The first-order valence-electron chi connectivity index (χ1n) is 7.92. The van der Waals surface area contributed by atoms with Crippen LogP contribution in [0.3, 0.4) is 0 Å². The van der Waals surface area contributed by atoms with Crippen molar-refractivity contribution in [2.24, 2.45) is 5.10 Å². The summed E-state index contributed by atoms with van der Waals surface area (Å²) in [6.07, 6.45) is 3.83. The van der Waals surface area contributed by atoms with Gasteiger partial charge in [-0.3, -0.25) is 4.79 Å².